The molecule has 0 bridgehead atoms. The van der Waals surface area contributed by atoms with Crippen LogP contribution in [-0.2, 0) is 21.6 Å². The van der Waals surface area contributed by atoms with E-state index in [1.165, 1.54) is 43.2 Å². The highest BCUT2D eigenvalue weighted by molar-refractivity contribution is 5.85. The molecular weight excluding hydrogens is 390 g/mol. The quantitative estimate of drug-likeness (QED) is 0.516. The Morgan fingerprint density at radius 1 is 1.24 bits per heavy atom. The average Bonchev–Trinajstić information content (AvgIpc) is 3.03. The molecule has 3 rings (SSSR count). The second kappa shape index (κ2) is 11.8. The van der Waals surface area contributed by atoms with E-state index in [4.69, 9.17) is 14.6 Å². The first kappa shape index (κ1) is 24.0. The van der Waals surface area contributed by atoms with Crippen LogP contribution < -0.4 is 4.74 Å². The molecule has 1 unspecified atom stereocenters. The van der Waals surface area contributed by atoms with Crippen LogP contribution in [0.15, 0.2) is 18.2 Å². The number of hydrogen-bond acceptors (Lipinski definition) is 4. The first-order chi connectivity index (χ1) is 13.6. The van der Waals surface area contributed by atoms with Gasteiger partial charge in [-0.2, -0.15) is 0 Å². The number of hydrogen-bond donors (Lipinski definition) is 1. The molecule has 1 aromatic rings. The number of carboxylic acids is 1. The van der Waals surface area contributed by atoms with Crippen molar-refractivity contribution in [3.05, 3.63) is 29.3 Å². The van der Waals surface area contributed by atoms with E-state index in [2.05, 4.69) is 30.0 Å². The van der Waals surface area contributed by atoms with E-state index in [-0.39, 0.29) is 24.4 Å². The summed E-state index contributed by atoms with van der Waals surface area (Å²) in [6.45, 7) is 5.88. The lowest BCUT2D eigenvalue weighted by molar-refractivity contribution is -0.140. The maximum absolute atomic E-state index is 10.9. The Balaban J connectivity index is 0.00000300. The van der Waals surface area contributed by atoms with E-state index in [0.29, 0.717) is 13.2 Å². The number of aliphatic carboxylic acids is 1. The van der Waals surface area contributed by atoms with Gasteiger partial charge in [-0.3, -0.25) is 9.69 Å². The molecule has 164 valence electrons. The molecule has 1 heterocycles. The lowest BCUT2D eigenvalue weighted by atomic mass is 9.93. The smallest absolute Gasteiger partial charge is 0.304 e. The second-order valence-corrected chi connectivity index (χ2v) is 8.20. The van der Waals surface area contributed by atoms with Crippen molar-refractivity contribution < 1.29 is 19.4 Å². The van der Waals surface area contributed by atoms with Gasteiger partial charge in [-0.1, -0.05) is 45.1 Å². The van der Waals surface area contributed by atoms with Gasteiger partial charge < -0.3 is 14.6 Å². The highest BCUT2D eigenvalue weighted by atomic mass is 35.5. The van der Waals surface area contributed by atoms with Crippen LogP contribution in [-0.4, -0.2) is 48.8 Å². The molecule has 1 aromatic carbocycles. The molecule has 0 amide bonds. The minimum absolute atomic E-state index is 0. The Kier molecular flexibility index (Phi) is 9.73. The van der Waals surface area contributed by atoms with Crippen LogP contribution in [0.25, 0.3) is 0 Å². The molecule has 1 aliphatic carbocycles. The summed E-state index contributed by atoms with van der Waals surface area (Å²) in [4.78, 5) is 13.1. The monoisotopic (exact) mass is 425 g/mol. The van der Waals surface area contributed by atoms with E-state index < -0.39 is 5.97 Å². The standard InChI is InChI=1S/C23H35NO4.ClH/c1-2-3-4-5-6-7-15-27-20-8-9-21-19(17-20)10-12-23(21)18-24(14-16-28-23)13-11-22(25)26;/h8-9,17H,2-7,10-16,18H2,1H3,(H,25,26);1H. The molecule has 0 saturated carbocycles. The zero-order valence-electron chi connectivity index (χ0n) is 17.7. The molecule has 1 fully saturated rings. The number of fused-ring (bicyclic) bond motifs is 2. The summed E-state index contributed by atoms with van der Waals surface area (Å²) in [6.07, 6.45) is 9.77. The Hall–Kier alpha value is -1.30. The van der Waals surface area contributed by atoms with E-state index >= 15 is 0 Å². The number of ether oxygens (including phenoxy) is 2. The van der Waals surface area contributed by atoms with Gasteiger partial charge in [0.1, 0.15) is 11.4 Å². The lowest BCUT2D eigenvalue weighted by Gasteiger charge is -2.41. The highest BCUT2D eigenvalue weighted by Crippen LogP contribution is 2.43. The SMILES string of the molecule is CCCCCCCCOc1ccc2c(c1)CCC21CN(CCC(=O)O)CCO1.Cl. The van der Waals surface area contributed by atoms with Gasteiger partial charge in [-0.25, -0.2) is 0 Å². The van der Waals surface area contributed by atoms with E-state index in [1.807, 2.05) is 0 Å². The largest absolute Gasteiger partial charge is 0.494 e. The molecular formula is C23H36ClNO4. The number of benzene rings is 1. The molecule has 1 N–H and O–H groups in total. The van der Waals surface area contributed by atoms with E-state index in [0.717, 1.165) is 44.7 Å². The fraction of sp³-hybridized carbons (Fsp3) is 0.696. The first-order valence-corrected chi connectivity index (χ1v) is 11.0. The molecule has 5 nitrogen and oxygen atoms in total. The third-order valence-corrected chi connectivity index (χ3v) is 6.04. The molecule has 1 atom stereocenters. The molecule has 6 heteroatoms. The van der Waals surface area contributed by atoms with Crippen LogP contribution in [0, 0.1) is 0 Å². The predicted molar refractivity (Wildman–Crippen MR) is 117 cm³/mol. The molecule has 29 heavy (non-hydrogen) atoms. The minimum Gasteiger partial charge on any atom is -0.494 e. The third kappa shape index (κ3) is 6.59. The first-order valence-electron chi connectivity index (χ1n) is 11.0. The summed E-state index contributed by atoms with van der Waals surface area (Å²) in [5, 5.41) is 8.96. The maximum Gasteiger partial charge on any atom is 0.304 e. The fourth-order valence-electron chi connectivity index (χ4n) is 4.47. The van der Waals surface area contributed by atoms with Gasteiger partial charge in [0, 0.05) is 19.6 Å². The van der Waals surface area contributed by atoms with Crippen LogP contribution in [0.3, 0.4) is 0 Å². The summed E-state index contributed by atoms with van der Waals surface area (Å²) in [5.41, 5.74) is 2.31. The Morgan fingerprint density at radius 3 is 2.83 bits per heavy atom. The van der Waals surface area contributed by atoms with Crippen molar-refractivity contribution in [2.75, 3.05) is 32.8 Å². The predicted octanol–water partition coefficient (Wildman–Crippen LogP) is 4.80. The van der Waals surface area contributed by atoms with Crippen LogP contribution in [0.4, 0.5) is 0 Å². The van der Waals surface area contributed by atoms with Crippen LogP contribution in [0.5, 0.6) is 5.75 Å². The van der Waals surface area contributed by atoms with Crippen molar-refractivity contribution in [1.29, 1.82) is 0 Å². The number of unbranched alkanes of at least 4 members (excludes halogenated alkanes) is 5. The zero-order chi connectivity index (χ0) is 19.8. The molecule has 1 saturated heterocycles. The van der Waals surface area contributed by atoms with Gasteiger partial charge in [0.2, 0.25) is 0 Å². The third-order valence-electron chi connectivity index (χ3n) is 6.04. The van der Waals surface area contributed by atoms with Gasteiger partial charge in [-0.05, 0) is 42.5 Å². The van der Waals surface area contributed by atoms with Crippen LogP contribution in [0.1, 0.15) is 69.4 Å². The average molecular weight is 426 g/mol. The van der Waals surface area contributed by atoms with E-state index in [1.54, 1.807) is 0 Å². The van der Waals surface area contributed by atoms with Gasteiger partial charge in [0.05, 0.1) is 19.6 Å². The Labute approximate surface area is 181 Å². The molecule has 1 aliphatic heterocycles. The Morgan fingerprint density at radius 2 is 2.03 bits per heavy atom. The van der Waals surface area contributed by atoms with Gasteiger partial charge in [0.25, 0.3) is 0 Å². The van der Waals surface area contributed by atoms with Gasteiger partial charge >= 0.3 is 5.97 Å². The number of carbonyl (C=O) groups is 1. The summed E-state index contributed by atoms with van der Waals surface area (Å²) < 4.78 is 12.2. The number of halogens is 1. The number of aryl methyl sites for hydroxylation is 1. The van der Waals surface area contributed by atoms with Crippen LogP contribution >= 0.6 is 12.4 Å². The summed E-state index contributed by atoms with van der Waals surface area (Å²) in [7, 11) is 0. The molecule has 0 radical (unpaired) electrons. The zero-order valence-corrected chi connectivity index (χ0v) is 18.5. The van der Waals surface area contributed by atoms with Crippen LogP contribution in [0.2, 0.25) is 0 Å². The molecule has 0 aromatic heterocycles. The number of carboxylic acid groups (broad SMARTS) is 1. The van der Waals surface area contributed by atoms with Crippen molar-refractivity contribution in [3.63, 3.8) is 0 Å². The van der Waals surface area contributed by atoms with Crippen molar-refractivity contribution in [2.24, 2.45) is 0 Å². The maximum atomic E-state index is 10.9. The van der Waals surface area contributed by atoms with E-state index in [9.17, 15) is 4.79 Å². The normalized spacial score (nSPS) is 21.0. The number of rotatable bonds is 11. The van der Waals surface area contributed by atoms with Crippen molar-refractivity contribution >= 4 is 18.4 Å². The molecule has 1 spiro atoms. The highest BCUT2D eigenvalue weighted by Gasteiger charge is 2.43. The fourth-order valence-corrected chi connectivity index (χ4v) is 4.47. The van der Waals surface area contributed by atoms with Gasteiger partial charge in [0.15, 0.2) is 0 Å². The number of morpholine rings is 1. The lowest BCUT2D eigenvalue weighted by Crippen LogP contribution is -2.49. The Bertz CT molecular complexity index is 654. The second-order valence-electron chi connectivity index (χ2n) is 8.20. The van der Waals surface area contributed by atoms with Crippen molar-refractivity contribution in [3.8, 4) is 5.75 Å². The summed E-state index contributed by atoms with van der Waals surface area (Å²) in [6, 6.07) is 6.42. The van der Waals surface area contributed by atoms with Gasteiger partial charge in [-0.15, -0.1) is 12.4 Å². The molecule has 2 aliphatic rings. The summed E-state index contributed by atoms with van der Waals surface area (Å²) >= 11 is 0. The van der Waals surface area contributed by atoms with Crippen molar-refractivity contribution in [1.82, 2.24) is 4.90 Å². The summed E-state index contributed by atoms with van der Waals surface area (Å²) in [5.74, 6) is 0.224. The van der Waals surface area contributed by atoms with Crippen molar-refractivity contribution in [2.45, 2.75) is 70.3 Å². The topological polar surface area (TPSA) is 59.0 Å². The number of nitrogens with zero attached hydrogens (tertiary/aromatic N) is 1. The minimum atomic E-state index is -0.737.